The molecule has 6 heteroatoms. The second kappa shape index (κ2) is 11.0. The van der Waals surface area contributed by atoms with Gasteiger partial charge >= 0.3 is 6.36 Å². The standard InChI is InChI=1S/C27H29F5O/c1-3-4-19-11-13-23(14-12-19)18(2)15-21-8-5-20(6-9-21)7-10-22-16-24(28)26(25(29)17-22)33-27(30,31)32/h5-6,8-9,16-19,23H,3-4,11-15H2,1-2H3. The fraction of sp³-hybridized carbons (Fsp3) is 0.481. The first-order valence-corrected chi connectivity index (χ1v) is 11.5. The summed E-state index contributed by atoms with van der Waals surface area (Å²) in [5.74, 6) is 3.26. The van der Waals surface area contributed by atoms with Crippen LogP contribution in [0.1, 0.15) is 69.1 Å². The van der Waals surface area contributed by atoms with Crippen LogP contribution in [0.5, 0.6) is 5.75 Å². The number of hydrogen-bond donors (Lipinski definition) is 0. The van der Waals surface area contributed by atoms with Gasteiger partial charge in [-0.2, -0.15) is 0 Å². The van der Waals surface area contributed by atoms with E-state index in [9.17, 15) is 22.0 Å². The maximum absolute atomic E-state index is 13.8. The highest BCUT2D eigenvalue weighted by molar-refractivity contribution is 5.46. The van der Waals surface area contributed by atoms with Gasteiger partial charge in [0.15, 0.2) is 11.6 Å². The van der Waals surface area contributed by atoms with E-state index in [2.05, 4.69) is 30.4 Å². The Morgan fingerprint density at radius 1 is 0.939 bits per heavy atom. The minimum atomic E-state index is -5.18. The van der Waals surface area contributed by atoms with Gasteiger partial charge in [0.2, 0.25) is 5.75 Å². The molecule has 0 heterocycles. The van der Waals surface area contributed by atoms with Crippen LogP contribution < -0.4 is 4.74 Å². The molecule has 178 valence electrons. The van der Waals surface area contributed by atoms with Crippen molar-refractivity contribution < 1.29 is 26.7 Å². The lowest BCUT2D eigenvalue weighted by molar-refractivity contribution is -0.276. The molecule has 2 aromatic rings. The first kappa shape index (κ1) is 25.1. The number of alkyl halides is 3. The van der Waals surface area contributed by atoms with Crippen molar-refractivity contribution in [2.24, 2.45) is 17.8 Å². The Balaban J connectivity index is 1.59. The van der Waals surface area contributed by atoms with Gasteiger partial charge in [0.1, 0.15) is 0 Å². The van der Waals surface area contributed by atoms with E-state index >= 15 is 0 Å². The number of halogens is 5. The van der Waals surface area contributed by atoms with E-state index in [1.807, 2.05) is 24.3 Å². The van der Waals surface area contributed by atoms with Gasteiger partial charge in [-0.15, -0.1) is 13.2 Å². The Kier molecular flexibility index (Phi) is 8.40. The summed E-state index contributed by atoms with van der Waals surface area (Å²) in [6, 6.07) is 9.16. The zero-order valence-corrected chi connectivity index (χ0v) is 18.9. The predicted molar refractivity (Wildman–Crippen MR) is 119 cm³/mol. The second-order valence-electron chi connectivity index (χ2n) is 9.01. The molecule has 2 aromatic carbocycles. The summed E-state index contributed by atoms with van der Waals surface area (Å²) in [7, 11) is 0. The van der Waals surface area contributed by atoms with Crippen molar-refractivity contribution in [1.29, 1.82) is 0 Å². The van der Waals surface area contributed by atoms with E-state index in [4.69, 9.17) is 0 Å². The molecule has 1 aliphatic carbocycles. The van der Waals surface area contributed by atoms with E-state index in [-0.39, 0.29) is 5.56 Å². The maximum Gasteiger partial charge on any atom is 0.573 e. The molecule has 1 saturated carbocycles. The second-order valence-corrected chi connectivity index (χ2v) is 9.01. The van der Waals surface area contributed by atoms with E-state index < -0.39 is 23.7 Å². The number of hydrogen-bond acceptors (Lipinski definition) is 1. The molecule has 1 atom stereocenters. The lowest BCUT2D eigenvalue weighted by Crippen LogP contribution is -2.21. The van der Waals surface area contributed by atoms with Gasteiger partial charge < -0.3 is 4.74 Å². The van der Waals surface area contributed by atoms with E-state index in [1.54, 1.807) is 0 Å². The highest BCUT2D eigenvalue weighted by Gasteiger charge is 2.34. The van der Waals surface area contributed by atoms with Gasteiger partial charge in [0, 0.05) is 11.1 Å². The molecular formula is C27H29F5O. The molecule has 3 rings (SSSR count). The summed E-state index contributed by atoms with van der Waals surface area (Å²) in [4.78, 5) is 0. The van der Waals surface area contributed by atoms with Crippen molar-refractivity contribution in [2.45, 2.75) is 65.2 Å². The van der Waals surface area contributed by atoms with Crippen LogP contribution in [0.2, 0.25) is 0 Å². The SMILES string of the molecule is CCCC1CCC(C(C)Cc2ccc(C#Cc3cc(F)c(OC(F)(F)F)c(F)c3)cc2)CC1. The molecule has 1 aliphatic rings. The van der Waals surface area contributed by atoms with Crippen LogP contribution in [0.15, 0.2) is 36.4 Å². The quantitative estimate of drug-likeness (QED) is 0.310. The van der Waals surface area contributed by atoms with E-state index in [0.29, 0.717) is 11.5 Å². The third-order valence-electron chi connectivity index (χ3n) is 6.47. The molecule has 0 amide bonds. The highest BCUT2D eigenvalue weighted by atomic mass is 19.4. The van der Waals surface area contributed by atoms with Gasteiger partial charge in [0.05, 0.1) is 0 Å². The number of benzene rings is 2. The molecule has 0 aromatic heterocycles. The zero-order chi connectivity index (χ0) is 24.0. The fourth-order valence-corrected chi connectivity index (χ4v) is 4.71. The minimum Gasteiger partial charge on any atom is -0.399 e. The Labute approximate surface area is 192 Å². The van der Waals surface area contributed by atoms with Crippen molar-refractivity contribution in [3.05, 3.63) is 64.7 Å². The molecule has 0 N–H and O–H groups in total. The lowest BCUT2D eigenvalue weighted by atomic mass is 9.74. The summed E-state index contributed by atoms with van der Waals surface area (Å²) in [6.07, 6.45) is 3.70. The zero-order valence-electron chi connectivity index (χ0n) is 18.9. The Morgan fingerprint density at radius 2 is 1.52 bits per heavy atom. The molecule has 0 spiro atoms. The summed E-state index contributed by atoms with van der Waals surface area (Å²) in [5.41, 5.74) is 1.80. The molecule has 1 unspecified atom stereocenters. The van der Waals surface area contributed by atoms with Gasteiger partial charge in [-0.05, 0) is 66.8 Å². The topological polar surface area (TPSA) is 9.23 Å². The summed E-state index contributed by atoms with van der Waals surface area (Å²) in [5, 5.41) is 0. The average Bonchev–Trinajstić information content (AvgIpc) is 2.76. The Morgan fingerprint density at radius 3 is 2.06 bits per heavy atom. The molecule has 0 bridgehead atoms. The minimum absolute atomic E-state index is 0.0732. The van der Waals surface area contributed by atoms with Crippen molar-refractivity contribution in [1.82, 2.24) is 0 Å². The first-order chi connectivity index (χ1) is 15.6. The summed E-state index contributed by atoms with van der Waals surface area (Å²) < 4.78 is 67.8. The third-order valence-corrected chi connectivity index (χ3v) is 6.47. The van der Waals surface area contributed by atoms with Crippen LogP contribution in [0, 0.1) is 41.2 Å². The normalized spacial score (nSPS) is 19.5. The van der Waals surface area contributed by atoms with Crippen LogP contribution in [0.3, 0.4) is 0 Å². The largest absolute Gasteiger partial charge is 0.573 e. The third kappa shape index (κ3) is 7.48. The van der Waals surface area contributed by atoms with Crippen LogP contribution >= 0.6 is 0 Å². The number of rotatable bonds is 6. The van der Waals surface area contributed by atoms with Gasteiger partial charge in [-0.25, -0.2) is 8.78 Å². The monoisotopic (exact) mass is 464 g/mol. The number of ether oxygens (including phenoxy) is 1. The summed E-state index contributed by atoms with van der Waals surface area (Å²) in [6.45, 7) is 4.57. The Hall–Kier alpha value is -2.55. The smallest absolute Gasteiger partial charge is 0.399 e. The van der Waals surface area contributed by atoms with Crippen LogP contribution in [0.4, 0.5) is 22.0 Å². The predicted octanol–water partition coefficient (Wildman–Crippen LogP) is 8.05. The van der Waals surface area contributed by atoms with Crippen LogP contribution in [-0.2, 0) is 6.42 Å². The average molecular weight is 465 g/mol. The highest BCUT2D eigenvalue weighted by Crippen LogP contribution is 2.36. The molecule has 0 radical (unpaired) electrons. The van der Waals surface area contributed by atoms with Gasteiger partial charge in [-0.3, -0.25) is 0 Å². The van der Waals surface area contributed by atoms with Crippen molar-refractivity contribution in [2.75, 3.05) is 0 Å². The molecule has 0 saturated heterocycles. The van der Waals surface area contributed by atoms with Crippen molar-refractivity contribution in [3.8, 4) is 17.6 Å². The molecule has 1 nitrogen and oxygen atoms in total. The van der Waals surface area contributed by atoms with Gasteiger partial charge in [-0.1, -0.05) is 63.5 Å². The maximum atomic E-state index is 13.8. The molecule has 33 heavy (non-hydrogen) atoms. The molecule has 1 fully saturated rings. The summed E-state index contributed by atoms with van der Waals surface area (Å²) >= 11 is 0. The van der Waals surface area contributed by atoms with Crippen molar-refractivity contribution >= 4 is 0 Å². The van der Waals surface area contributed by atoms with Gasteiger partial charge in [0.25, 0.3) is 0 Å². The fourth-order valence-electron chi connectivity index (χ4n) is 4.71. The first-order valence-electron chi connectivity index (χ1n) is 11.5. The van der Waals surface area contributed by atoms with Crippen molar-refractivity contribution in [3.63, 3.8) is 0 Å². The Bertz CT molecular complexity index is 953. The van der Waals surface area contributed by atoms with E-state index in [1.165, 1.54) is 44.1 Å². The van der Waals surface area contributed by atoms with E-state index in [0.717, 1.165) is 30.4 Å². The lowest BCUT2D eigenvalue weighted by Gasteiger charge is -2.32. The molecular weight excluding hydrogens is 435 g/mol. The van der Waals surface area contributed by atoms with Crippen LogP contribution in [0.25, 0.3) is 0 Å². The van der Waals surface area contributed by atoms with Crippen LogP contribution in [-0.4, -0.2) is 6.36 Å². The molecule has 0 aliphatic heterocycles.